The molecule has 0 aromatic rings. The third kappa shape index (κ3) is 747. The Balaban J connectivity index is 0. The zero-order valence-corrected chi connectivity index (χ0v) is 236. The normalized spacial score (nSPS) is 0. The fourth-order valence-corrected chi connectivity index (χ4v) is 0. The van der Waals surface area contributed by atoms with Crippen molar-refractivity contribution in [3.63, 3.8) is 0 Å². The van der Waals surface area contributed by atoms with Gasteiger partial charge in [-0.3, -0.25) is 0 Å². The minimum Gasteiger partial charge on any atom is -0.147 e. The van der Waals surface area contributed by atoms with Crippen LogP contribution in [-0.2, 0) is 1210 Å². The summed E-state index contributed by atoms with van der Waals surface area (Å²) in [5.74, 6) is 0. The Kier molecular flexibility index (Phi) is 8640. The molecule has 69 heteroatoms. The first-order valence-corrected chi connectivity index (χ1v) is 0. The standard InChI is InChI=1S/7ClH.62Zn/h7*1H;;;;;;;;;;;;;;;;;;;;;;;;;;;;;;;;;;;;;;;;;;;;;;;;;;;;;;;;;;;;;;/q;;;;;;;62*+2. The van der Waals surface area contributed by atoms with E-state index < -0.39 is 0 Å². The second-order valence-electron chi connectivity index (χ2n) is 0. The molecule has 0 bridgehead atoms. The molecule has 0 saturated carbocycles. The molecule has 0 amide bonds. The third-order valence-corrected chi connectivity index (χ3v) is 0. The van der Waals surface area contributed by atoms with E-state index in [1.54, 1.807) is 0 Å². The molecule has 0 aliphatic rings. The minimum atomic E-state index is 0. The quantitative estimate of drug-likeness (QED) is 0.328. The summed E-state index contributed by atoms with van der Waals surface area (Å²) in [6.45, 7) is 0. The summed E-state index contributed by atoms with van der Waals surface area (Å²) < 4.78 is 0. The van der Waals surface area contributed by atoms with Crippen molar-refractivity contribution >= 4 is 86.8 Å². The van der Waals surface area contributed by atoms with Crippen molar-refractivity contribution in [3.8, 4) is 0 Å². The predicted molar refractivity (Wildman–Crippen MR) is 50.7 cm³/mol. The Bertz CT molecular complexity index is 32.7. The van der Waals surface area contributed by atoms with Crippen molar-refractivity contribution in [1.29, 1.82) is 0 Å². The molecule has 0 spiro atoms. The Morgan fingerprint density at radius 1 is 0.0290 bits per heavy atom. The average molecular weight is 4310 g/mol. The van der Waals surface area contributed by atoms with Crippen molar-refractivity contribution < 1.29 is 1210 Å². The number of hydrogen-bond acceptors (Lipinski definition) is 0. The van der Waals surface area contributed by atoms with Gasteiger partial charge in [0.2, 0.25) is 0 Å². The van der Waals surface area contributed by atoms with E-state index in [1.807, 2.05) is 0 Å². The molecule has 0 aliphatic heterocycles. The first kappa shape index (κ1) is 783. The zero-order valence-electron chi connectivity index (χ0n) is 46.7. The molecule has 0 unspecified atom stereocenters. The van der Waals surface area contributed by atoms with Crippen molar-refractivity contribution in [2.24, 2.45) is 0 Å². The van der Waals surface area contributed by atoms with Crippen LogP contribution in [-0.4, -0.2) is 0 Å². The molecule has 0 rings (SSSR count). The van der Waals surface area contributed by atoms with Crippen molar-refractivity contribution in [2.45, 2.75) is 0 Å². The monoisotopic (exact) mass is 4220 g/mol. The van der Waals surface area contributed by atoms with Crippen LogP contribution in [0.15, 0.2) is 0 Å². The molecule has 0 nitrogen and oxygen atoms in total. The van der Waals surface area contributed by atoms with Crippen molar-refractivity contribution in [3.05, 3.63) is 0 Å². The van der Waals surface area contributed by atoms with Gasteiger partial charge in [0, 0.05) is 0 Å². The smallest absolute Gasteiger partial charge is 0.147 e. The first-order valence-electron chi connectivity index (χ1n) is 0. The molecular weight excluding hydrogens is 4300 g/mol. The SMILES string of the molecule is Cl.Cl.Cl.Cl.Cl.Cl.Cl.[Zn+2].[Zn+2].[Zn+2].[Zn+2].[Zn+2].[Zn+2].[Zn+2].[Zn+2].[Zn+2].[Zn+2].[Zn+2].[Zn+2].[Zn+2].[Zn+2].[Zn+2].[Zn+2].[Zn+2].[Zn+2].[Zn+2].[Zn+2].[Zn+2].[Zn+2].[Zn+2].[Zn+2].[Zn+2].[Zn+2].[Zn+2].[Zn+2].[Zn+2].[Zn+2].[Zn+2].[Zn+2].[Zn+2].[Zn+2].[Zn+2].[Zn+2].[Zn+2].[Zn+2].[Zn+2].[Zn+2].[Zn+2].[Zn+2].[Zn+2].[Zn+2].[Zn+2].[Zn+2].[Zn+2].[Zn+2].[Zn+2].[Zn+2].[Zn+2].[Zn+2].[Zn+2].[Zn+2].[Zn+2].[Zn+2].[Zn+2].[Zn+2].[Zn+2].[Zn+2].[Zn+2].[Zn+2]. The topological polar surface area (TPSA) is 0 Å². The van der Waals surface area contributed by atoms with Gasteiger partial charge < -0.3 is 0 Å². The molecule has 0 aromatic carbocycles. The van der Waals surface area contributed by atoms with Crippen molar-refractivity contribution in [2.75, 3.05) is 0 Å². The maximum Gasteiger partial charge on any atom is 2.00 e. The van der Waals surface area contributed by atoms with E-state index in [9.17, 15) is 0 Å². The number of halogens is 7. The summed E-state index contributed by atoms with van der Waals surface area (Å²) in [5.41, 5.74) is 0. The second kappa shape index (κ2) is 761. The molecule has 0 N–H and O–H groups in total. The van der Waals surface area contributed by atoms with Crippen LogP contribution in [0.2, 0.25) is 0 Å². The van der Waals surface area contributed by atoms with Gasteiger partial charge in [-0.05, 0) is 0 Å². The summed E-state index contributed by atoms with van der Waals surface area (Å²) >= 11 is 0. The second-order valence-corrected chi connectivity index (χ2v) is 0. The fraction of sp³-hybridized carbons (Fsp3) is 0. The van der Waals surface area contributed by atoms with E-state index in [0.29, 0.717) is 0 Å². The zero-order chi connectivity index (χ0) is 0. The van der Waals surface area contributed by atoms with Gasteiger partial charge in [-0.1, -0.05) is 0 Å². The van der Waals surface area contributed by atoms with E-state index in [0.717, 1.165) is 0 Å². The molecule has 0 heterocycles. The summed E-state index contributed by atoms with van der Waals surface area (Å²) in [6.07, 6.45) is 0. The maximum atomic E-state index is 0. The number of hydrogen-bond donors (Lipinski definition) is 0. The molecule has 0 atom stereocenters. The molecule has 0 radical (unpaired) electrons. The van der Waals surface area contributed by atoms with E-state index in [-0.39, 0.29) is 1290 Å². The largest absolute Gasteiger partial charge is 2.00 e. The predicted octanol–water partition coefficient (Wildman–Crippen LogP) is 2.80. The van der Waals surface area contributed by atoms with Crippen LogP contribution in [0.25, 0.3) is 0 Å². The van der Waals surface area contributed by atoms with E-state index >= 15 is 0 Å². The molecule has 69 heavy (non-hydrogen) atoms. The molecule has 56 valence electrons. The van der Waals surface area contributed by atoms with Gasteiger partial charge in [0.1, 0.15) is 0 Å². The molecule has 0 saturated heterocycles. The van der Waals surface area contributed by atoms with E-state index in [4.69, 9.17) is 0 Å². The number of rotatable bonds is 0. The Hall–Kier alpha value is 40.7. The van der Waals surface area contributed by atoms with Crippen LogP contribution in [0.4, 0.5) is 0 Å². The first-order chi connectivity index (χ1) is 0. The average Bonchev–Trinajstić information content (AvgIpc) is 0. The van der Waals surface area contributed by atoms with Crippen LogP contribution >= 0.6 is 86.8 Å². The van der Waals surface area contributed by atoms with Gasteiger partial charge in [0.05, 0.1) is 0 Å². The van der Waals surface area contributed by atoms with Crippen molar-refractivity contribution in [1.82, 2.24) is 0 Å². The van der Waals surface area contributed by atoms with Gasteiger partial charge >= 0.3 is 1210 Å². The van der Waals surface area contributed by atoms with Gasteiger partial charge in [-0.2, -0.15) is 0 Å². The summed E-state index contributed by atoms with van der Waals surface area (Å²) in [4.78, 5) is 0. The van der Waals surface area contributed by atoms with Crippen LogP contribution < -0.4 is 0 Å². The van der Waals surface area contributed by atoms with Crippen LogP contribution in [0.3, 0.4) is 0 Å². The summed E-state index contributed by atoms with van der Waals surface area (Å²) in [5, 5.41) is 0. The van der Waals surface area contributed by atoms with Gasteiger partial charge in [0.15, 0.2) is 0 Å². The minimum absolute atomic E-state index is 0. The molecular formula is H7Cl7Zn62+124. The molecule has 0 aliphatic carbocycles. The van der Waals surface area contributed by atoms with E-state index in [2.05, 4.69) is 0 Å². The fourth-order valence-electron chi connectivity index (χ4n) is 0. The van der Waals surface area contributed by atoms with Crippen LogP contribution in [0.5, 0.6) is 0 Å². The molecule has 0 fully saturated rings. The van der Waals surface area contributed by atoms with Gasteiger partial charge in [0.25, 0.3) is 0 Å². The Morgan fingerprint density at radius 2 is 0.0290 bits per heavy atom. The summed E-state index contributed by atoms with van der Waals surface area (Å²) in [7, 11) is 0. The van der Waals surface area contributed by atoms with Crippen LogP contribution in [0.1, 0.15) is 0 Å². The third-order valence-electron chi connectivity index (χ3n) is 0. The Labute approximate surface area is 1260 Å². The Morgan fingerprint density at radius 3 is 0.0290 bits per heavy atom. The summed E-state index contributed by atoms with van der Waals surface area (Å²) in [6, 6.07) is 0. The maximum absolute atomic E-state index is 0. The van der Waals surface area contributed by atoms with Gasteiger partial charge in [-0.15, -0.1) is 86.8 Å². The van der Waals surface area contributed by atoms with Crippen LogP contribution in [0, 0.1) is 0 Å². The van der Waals surface area contributed by atoms with Gasteiger partial charge in [-0.25, -0.2) is 0 Å². The van der Waals surface area contributed by atoms with E-state index in [1.165, 1.54) is 0 Å². The molecule has 0 aromatic heterocycles.